The van der Waals surface area contributed by atoms with Crippen LogP contribution in [-0.4, -0.2) is 44.7 Å². The van der Waals surface area contributed by atoms with Crippen molar-refractivity contribution in [1.82, 2.24) is 0 Å². The molecule has 0 N–H and O–H groups in total. The van der Waals surface area contributed by atoms with Crippen LogP contribution in [0.4, 0.5) is 39.5 Å². The van der Waals surface area contributed by atoms with Gasteiger partial charge in [0.15, 0.2) is 0 Å². The van der Waals surface area contributed by atoms with Crippen molar-refractivity contribution in [1.29, 1.82) is 0 Å². The molecule has 3 rings (SSSR count). The van der Waals surface area contributed by atoms with E-state index in [1.165, 1.54) is 36.5 Å². The summed E-state index contributed by atoms with van der Waals surface area (Å²) in [5.74, 6) is 0. The second kappa shape index (κ2) is 16.3. The molecule has 3 radical (unpaired) electrons. The molecular weight excluding hydrogens is 703 g/mol. The molecule has 12 heteroatoms. The molecule has 0 saturated carbocycles. The first-order valence-electron chi connectivity index (χ1n) is 8.33. The molecule has 0 atom stereocenters. The number of hydrogen-bond acceptors (Lipinski definition) is 0. The maximum atomic E-state index is 11.8. The Bertz CT molecular complexity index is 777. The van der Waals surface area contributed by atoms with Crippen LogP contribution in [0.25, 0.3) is 0 Å². The van der Waals surface area contributed by atoms with Gasteiger partial charge in [-0.25, -0.2) is 0 Å². The Balaban J connectivity index is -0.000000391. The van der Waals surface area contributed by atoms with Gasteiger partial charge in [-0.3, -0.25) is 0 Å². The van der Waals surface area contributed by atoms with Crippen molar-refractivity contribution in [3.05, 3.63) is 88.6 Å². The molecule has 0 aromatic heterocycles. The van der Waals surface area contributed by atoms with Crippen molar-refractivity contribution < 1.29 is 64.3 Å². The predicted octanol–water partition coefficient (Wildman–Crippen LogP) is 1.40. The smallest absolute Gasteiger partial charge is 1.00 e. The van der Waals surface area contributed by atoms with E-state index < -0.39 is 35.2 Å². The Morgan fingerprint density at radius 2 is 0.697 bits per heavy atom. The standard InChI is InChI=1S/3C7H5F3.Bi.2ClH/c3*8-7(9,10)6-4-2-1-3-5-6;;;/h3*2-4H,5H2;;2*1H/q;;;+2;;/p-2. The molecule has 181 valence electrons. The van der Waals surface area contributed by atoms with E-state index in [0.717, 1.165) is 18.2 Å². The van der Waals surface area contributed by atoms with Gasteiger partial charge in [-0.15, -0.1) is 17.2 Å². The maximum Gasteiger partial charge on any atom is 2.00 e. The molecule has 0 saturated heterocycles. The van der Waals surface area contributed by atoms with Crippen LogP contribution < -0.4 is 24.8 Å². The van der Waals surface area contributed by atoms with Crippen LogP contribution in [0, 0.1) is 0 Å². The molecule has 0 aromatic rings. The van der Waals surface area contributed by atoms with Gasteiger partial charge in [0.2, 0.25) is 0 Å². The molecular formula is C21H15BiCl2F9. The van der Waals surface area contributed by atoms with E-state index in [1.807, 2.05) is 0 Å². The van der Waals surface area contributed by atoms with Gasteiger partial charge in [-0.1, -0.05) is 0 Å². The van der Waals surface area contributed by atoms with Crippen molar-refractivity contribution in [2.24, 2.45) is 0 Å². The Kier molecular flexibility index (Phi) is 17.8. The maximum absolute atomic E-state index is 11.8. The molecule has 0 aliphatic heterocycles. The Morgan fingerprint density at radius 3 is 0.788 bits per heavy atom. The number of halogens is 11. The van der Waals surface area contributed by atoms with E-state index in [0.29, 0.717) is 0 Å². The van der Waals surface area contributed by atoms with E-state index in [4.69, 9.17) is 0 Å². The quantitative estimate of drug-likeness (QED) is 0.202. The van der Waals surface area contributed by atoms with Crippen molar-refractivity contribution in [3.8, 4) is 0 Å². The van der Waals surface area contributed by atoms with Crippen LogP contribution in [-0.2, 0) is 0 Å². The van der Waals surface area contributed by atoms with Gasteiger partial charge in [0.1, 0.15) is 0 Å². The summed E-state index contributed by atoms with van der Waals surface area (Å²) in [6.07, 6.45) is -1.65. The van der Waals surface area contributed by atoms with Crippen molar-refractivity contribution in [2.45, 2.75) is 37.8 Å². The minimum Gasteiger partial charge on any atom is -1.00 e. The van der Waals surface area contributed by atoms with Gasteiger partial charge in [0.05, 0.1) is 0 Å². The van der Waals surface area contributed by atoms with Crippen LogP contribution in [0.15, 0.2) is 88.6 Å². The molecule has 0 bridgehead atoms. The summed E-state index contributed by atoms with van der Waals surface area (Å²) in [5, 5.41) is 0. The van der Waals surface area contributed by atoms with E-state index in [-0.39, 0.29) is 70.3 Å². The number of alkyl halides is 9. The Morgan fingerprint density at radius 1 is 0.485 bits per heavy atom. The van der Waals surface area contributed by atoms with Crippen molar-refractivity contribution in [2.75, 3.05) is 0 Å². The van der Waals surface area contributed by atoms with E-state index in [1.54, 1.807) is 0 Å². The van der Waals surface area contributed by atoms with Crippen molar-refractivity contribution in [3.63, 3.8) is 0 Å². The van der Waals surface area contributed by atoms with Crippen LogP contribution in [0.2, 0.25) is 0 Å². The Hall–Kier alpha value is -1.39. The molecule has 0 aromatic carbocycles. The molecule has 0 nitrogen and oxygen atoms in total. The van der Waals surface area contributed by atoms with Crippen LogP contribution in [0.5, 0.6) is 0 Å². The van der Waals surface area contributed by atoms with E-state index in [2.05, 4.69) is 17.2 Å². The zero-order valence-electron chi connectivity index (χ0n) is 16.4. The molecule has 0 amide bonds. The number of rotatable bonds is 0. The molecule has 0 fully saturated rings. The van der Waals surface area contributed by atoms with Gasteiger partial charge in [0, 0.05) is 36.0 Å². The first-order valence-corrected chi connectivity index (χ1v) is 8.33. The molecule has 3 aliphatic carbocycles. The average molecular weight is 718 g/mol. The van der Waals surface area contributed by atoms with Gasteiger partial charge < -0.3 is 24.8 Å². The third kappa shape index (κ3) is 15.2. The van der Waals surface area contributed by atoms with Crippen LogP contribution in [0.3, 0.4) is 0 Å². The fourth-order valence-electron chi connectivity index (χ4n) is 1.99. The first kappa shape index (κ1) is 36.2. The van der Waals surface area contributed by atoms with Gasteiger partial charge >= 0.3 is 44.7 Å². The fourth-order valence-corrected chi connectivity index (χ4v) is 1.99. The fraction of sp³-hybridized carbons (Fsp3) is 0.286. The number of allylic oxidation sites excluding steroid dienone is 9. The topological polar surface area (TPSA) is 0 Å². The zero-order valence-corrected chi connectivity index (χ0v) is 21.4. The summed E-state index contributed by atoms with van der Waals surface area (Å²) in [5.41, 5.74) is 6.16. The molecule has 3 aliphatic rings. The van der Waals surface area contributed by atoms with E-state index in [9.17, 15) is 39.5 Å². The second-order valence-electron chi connectivity index (χ2n) is 5.79. The molecule has 0 unspecified atom stereocenters. The monoisotopic (exact) mass is 717 g/mol. The van der Waals surface area contributed by atoms with Crippen molar-refractivity contribution >= 4 is 26.2 Å². The summed E-state index contributed by atoms with van der Waals surface area (Å²) < 4.78 is 106. The molecule has 0 spiro atoms. The summed E-state index contributed by atoms with van der Waals surface area (Å²) >= 11 is 0. The van der Waals surface area contributed by atoms with Gasteiger partial charge in [-0.05, 0) is 54.7 Å². The first-order chi connectivity index (χ1) is 13.8. The predicted molar refractivity (Wildman–Crippen MR) is 100.0 cm³/mol. The normalized spacial score (nSPS) is 15.7. The third-order valence-corrected chi connectivity index (χ3v) is 3.55. The van der Waals surface area contributed by atoms with Gasteiger partial charge in [-0.2, -0.15) is 39.5 Å². The van der Waals surface area contributed by atoms with E-state index >= 15 is 0 Å². The Labute approximate surface area is 216 Å². The SMILES string of the molecule is FC(F)(F)C1=CC=C=CC1.FC(F)(F)C1=CC=C=CC1.FC(F)(F)C1=CC=C=CC1.[Bi+2].[Cl-].[Cl-]. The number of hydrogen-bond donors (Lipinski definition) is 0. The minimum atomic E-state index is -4.17. The van der Waals surface area contributed by atoms with Crippen LogP contribution >= 0.6 is 0 Å². The third-order valence-electron chi connectivity index (χ3n) is 3.55. The summed E-state index contributed by atoms with van der Waals surface area (Å²) in [6, 6.07) is 0. The zero-order chi connectivity index (χ0) is 22.8. The summed E-state index contributed by atoms with van der Waals surface area (Å²) in [7, 11) is 0. The molecule has 33 heavy (non-hydrogen) atoms. The van der Waals surface area contributed by atoms with Crippen LogP contribution in [0.1, 0.15) is 19.3 Å². The minimum absolute atomic E-state index is 0. The summed E-state index contributed by atoms with van der Waals surface area (Å²) in [4.78, 5) is 0. The summed E-state index contributed by atoms with van der Waals surface area (Å²) in [6.45, 7) is 0. The average Bonchev–Trinajstić information content (AvgIpc) is 2.69. The largest absolute Gasteiger partial charge is 2.00 e. The van der Waals surface area contributed by atoms with Gasteiger partial charge in [0.25, 0.3) is 0 Å². The second-order valence-corrected chi connectivity index (χ2v) is 5.79. The molecule has 0 heterocycles.